The molecule has 0 atom stereocenters. The minimum Gasteiger partial charge on any atom is -0.276 e. The Bertz CT molecular complexity index is 1450. The molecule has 11 heteroatoms. The van der Waals surface area contributed by atoms with Gasteiger partial charge >= 0.3 is 0 Å². The zero-order chi connectivity index (χ0) is 24.7. The van der Waals surface area contributed by atoms with Crippen molar-refractivity contribution in [1.82, 2.24) is 15.2 Å². The van der Waals surface area contributed by atoms with E-state index in [4.69, 9.17) is 0 Å². The Hall–Kier alpha value is -3.31. The number of nitrogens with one attached hydrogen (secondary N) is 1. The molecule has 2 aromatic heterocycles. The van der Waals surface area contributed by atoms with Crippen LogP contribution in [0.2, 0.25) is 0 Å². The first-order valence-corrected chi connectivity index (χ1v) is 12.3. The van der Waals surface area contributed by atoms with Crippen LogP contribution in [0, 0.1) is 17.5 Å². The monoisotopic (exact) mass is 504 g/mol. The first-order chi connectivity index (χ1) is 16.0. The van der Waals surface area contributed by atoms with E-state index in [9.17, 15) is 17.2 Å². The van der Waals surface area contributed by atoms with E-state index in [0.29, 0.717) is 16.1 Å². The minimum absolute atomic E-state index is 0.0211. The zero-order valence-electron chi connectivity index (χ0n) is 18.3. The molecule has 0 saturated carbocycles. The molecule has 2 heterocycles. The minimum atomic E-state index is -4.75. The largest absolute Gasteiger partial charge is 0.276 e. The highest BCUT2D eigenvalue weighted by Gasteiger charge is 2.28. The van der Waals surface area contributed by atoms with Gasteiger partial charge in [-0.3, -0.25) is 4.72 Å². The summed E-state index contributed by atoms with van der Waals surface area (Å²) >= 11 is 1.36. The number of hydrogen-bond acceptors (Lipinski definition) is 6. The van der Waals surface area contributed by atoms with Crippen LogP contribution in [0.5, 0.6) is 0 Å². The lowest BCUT2D eigenvalue weighted by atomic mass is 9.98. The lowest BCUT2D eigenvalue weighted by Crippen LogP contribution is -2.17. The molecular weight excluding hydrogens is 485 g/mol. The van der Waals surface area contributed by atoms with E-state index < -0.39 is 38.1 Å². The molecule has 0 fully saturated rings. The molecule has 0 bridgehead atoms. The van der Waals surface area contributed by atoms with Gasteiger partial charge in [-0.25, -0.2) is 26.6 Å². The molecule has 0 aliphatic heterocycles. The van der Waals surface area contributed by atoms with Gasteiger partial charge in [0.2, 0.25) is 0 Å². The number of benzene rings is 2. The van der Waals surface area contributed by atoms with Gasteiger partial charge in [-0.1, -0.05) is 32.9 Å². The van der Waals surface area contributed by atoms with Crippen LogP contribution < -0.4 is 4.72 Å². The number of anilines is 1. The number of rotatable bonds is 5. The highest BCUT2D eigenvalue weighted by Crippen LogP contribution is 2.42. The molecule has 0 spiro atoms. The highest BCUT2D eigenvalue weighted by molar-refractivity contribution is 7.92. The Morgan fingerprint density at radius 3 is 2.24 bits per heavy atom. The first-order valence-electron chi connectivity index (χ1n) is 10.0. The highest BCUT2D eigenvalue weighted by atomic mass is 32.2. The molecule has 4 rings (SSSR count). The SMILES string of the molecule is CC(C)(C)c1nc(-c2cccc(NS(=O)(=O)c3c(F)cccc3F)c2F)c(-c2ccnnc2)s1. The van der Waals surface area contributed by atoms with Crippen LogP contribution in [-0.4, -0.2) is 23.6 Å². The van der Waals surface area contributed by atoms with E-state index in [-0.39, 0.29) is 11.0 Å². The van der Waals surface area contributed by atoms with Crippen molar-refractivity contribution in [1.29, 1.82) is 0 Å². The van der Waals surface area contributed by atoms with Crippen molar-refractivity contribution < 1.29 is 21.6 Å². The van der Waals surface area contributed by atoms with Gasteiger partial charge in [0.1, 0.15) is 11.6 Å². The molecule has 1 N–H and O–H groups in total. The summed E-state index contributed by atoms with van der Waals surface area (Å²) in [5.41, 5.74) is 0.170. The fourth-order valence-electron chi connectivity index (χ4n) is 3.17. The molecular formula is C23H19F3N4O2S2. The van der Waals surface area contributed by atoms with Crippen LogP contribution in [-0.2, 0) is 15.4 Å². The van der Waals surface area contributed by atoms with Gasteiger partial charge in [-0.2, -0.15) is 10.2 Å². The van der Waals surface area contributed by atoms with Crippen LogP contribution in [0.1, 0.15) is 25.8 Å². The predicted molar refractivity (Wildman–Crippen MR) is 124 cm³/mol. The van der Waals surface area contributed by atoms with Crippen molar-refractivity contribution in [2.75, 3.05) is 4.72 Å². The summed E-state index contributed by atoms with van der Waals surface area (Å²) in [4.78, 5) is 4.08. The lowest BCUT2D eigenvalue weighted by molar-refractivity contribution is 0.521. The predicted octanol–water partition coefficient (Wildman–Crippen LogP) is 5.78. The lowest BCUT2D eigenvalue weighted by Gasteiger charge is -2.14. The second-order valence-corrected chi connectivity index (χ2v) is 11.0. The third-order valence-corrected chi connectivity index (χ3v) is 7.75. The van der Waals surface area contributed by atoms with Gasteiger partial charge in [-0.05, 0) is 30.3 Å². The maximum absolute atomic E-state index is 15.6. The number of thiazole rings is 1. The summed E-state index contributed by atoms with van der Waals surface area (Å²) in [5, 5.41) is 8.37. The summed E-state index contributed by atoms with van der Waals surface area (Å²) in [6.07, 6.45) is 3.02. The number of sulfonamides is 1. The third-order valence-electron chi connectivity index (χ3n) is 4.80. The van der Waals surface area contributed by atoms with Crippen LogP contribution in [0.15, 0.2) is 59.8 Å². The fourth-order valence-corrected chi connectivity index (χ4v) is 5.50. The topological polar surface area (TPSA) is 84.8 Å². The van der Waals surface area contributed by atoms with Crippen LogP contribution in [0.25, 0.3) is 21.7 Å². The molecule has 176 valence electrons. The van der Waals surface area contributed by atoms with Crippen molar-refractivity contribution >= 4 is 27.0 Å². The maximum Gasteiger partial charge on any atom is 0.267 e. The fraction of sp³-hybridized carbons (Fsp3) is 0.174. The van der Waals surface area contributed by atoms with Gasteiger partial charge in [-0.15, -0.1) is 11.3 Å². The van der Waals surface area contributed by atoms with E-state index in [1.165, 1.54) is 41.9 Å². The molecule has 0 radical (unpaired) electrons. The van der Waals surface area contributed by atoms with Crippen molar-refractivity contribution in [2.45, 2.75) is 31.1 Å². The van der Waals surface area contributed by atoms with Crippen molar-refractivity contribution in [3.8, 4) is 21.7 Å². The van der Waals surface area contributed by atoms with Gasteiger partial charge in [0.05, 0.1) is 33.7 Å². The van der Waals surface area contributed by atoms with Gasteiger partial charge in [0, 0.05) is 16.5 Å². The number of hydrogen-bond donors (Lipinski definition) is 1. The molecule has 4 aromatic rings. The van der Waals surface area contributed by atoms with Crippen LogP contribution in [0.3, 0.4) is 0 Å². The Morgan fingerprint density at radius 1 is 0.941 bits per heavy atom. The Labute approximate surface area is 198 Å². The van der Waals surface area contributed by atoms with Crippen LogP contribution in [0.4, 0.5) is 18.9 Å². The summed E-state index contributed by atoms with van der Waals surface area (Å²) in [7, 11) is -4.75. The molecule has 0 amide bonds. The van der Waals surface area contributed by atoms with Gasteiger partial charge < -0.3 is 0 Å². The Morgan fingerprint density at radius 2 is 1.62 bits per heavy atom. The third kappa shape index (κ3) is 4.53. The van der Waals surface area contributed by atoms with E-state index in [2.05, 4.69) is 15.2 Å². The Balaban J connectivity index is 1.84. The number of aromatic nitrogens is 3. The normalized spacial score (nSPS) is 12.1. The van der Waals surface area contributed by atoms with Crippen LogP contribution >= 0.6 is 11.3 Å². The average Bonchev–Trinajstić information content (AvgIpc) is 3.21. The average molecular weight is 505 g/mol. The smallest absolute Gasteiger partial charge is 0.267 e. The van der Waals surface area contributed by atoms with Gasteiger partial charge in [0.15, 0.2) is 10.7 Å². The zero-order valence-corrected chi connectivity index (χ0v) is 19.9. The summed E-state index contributed by atoms with van der Waals surface area (Å²) < 4.78 is 71.1. The van der Waals surface area contributed by atoms with Gasteiger partial charge in [0.25, 0.3) is 10.0 Å². The molecule has 0 unspecified atom stereocenters. The molecule has 6 nitrogen and oxygen atoms in total. The van der Waals surface area contributed by atoms with Crippen molar-refractivity contribution in [3.63, 3.8) is 0 Å². The number of nitrogens with zero attached hydrogens (tertiary/aromatic N) is 3. The molecule has 0 saturated heterocycles. The van der Waals surface area contributed by atoms with Crippen molar-refractivity contribution in [3.05, 3.63) is 77.3 Å². The summed E-state index contributed by atoms with van der Waals surface area (Å²) in [6.45, 7) is 5.90. The second-order valence-electron chi connectivity index (χ2n) is 8.40. The van der Waals surface area contributed by atoms with E-state index in [0.717, 1.165) is 23.2 Å². The standard InChI is InChI=1S/C23H19F3N4O2S2/c1-23(2,3)22-29-19(20(33-22)13-10-11-27-28-12-13)14-6-4-9-17(18(14)26)30-34(31,32)21-15(24)7-5-8-16(21)25/h4-12,30H,1-3H3. The Kier molecular flexibility index (Phi) is 6.17. The van der Waals surface area contributed by atoms with E-state index in [1.54, 1.807) is 6.07 Å². The maximum atomic E-state index is 15.6. The summed E-state index contributed by atoms with van der Waals surface area (Å²) in [6, 6.07) is 8.41. The quantitative estimate of drug-likeness (QED) is 0.372. The first kappa shape index (κ1) is 23.8. The van der Waals surface area contributed by atoms with E-state index in [1.807, 2.05) is 25.5 Å². The molecule has 34 heavy (non-hydrogen) atoms. The summed E-state index contributed by atoms with van der Waals surface area (Å²) in [5.74, 6) is -3.51. The molecule has 2 aromatic carbocycles. The second kappa shape index (κ2) is 8.80. The molecule has 0 aliphatic carbocycles. The van der Waals surface area contributed by atoms with E-state index >= 15 is 4.39 Å². The molecule has 0 aliphatic rings. The number of halogens is 3. The van der Waals surface area contributed by atoms with Crippen molar-refractivity contribution in [2.24, 2.45) is 0 Å².